The highest BCUT2D eigenvalue weighted by Crippen LogP contribution is 2.32. The van der Waals surface area contributed by atoms with Gasteiger partial charge in [-0.15, -0.1) is 0 Å². The van der Waals surface area contributed by atoms with Crippen molar-refractivity contribution in [3.8, 4) is 0 Å². The molecule has 0 aromatic heterocycles. The number of hydrogen-bond acceptors (Lipinski definition) is 7. The molecule has 1 aromatic carbocycles. The molecule has 2 atom stereocenters. The van der Waals surface area contributed by atoms with E-state index in [1.165, 1.54) is 12.1 Å². The van der Waals surface area contributed by atoms with Crippen molar-refractivity contribution < 1.29 is 18.1 Å². The van der Waals surface area contributed by atoms with Gasteiger partial charge in [-0.3, -0.25) is 14.9 Å². The molecule has 1 heterocycles. The van der Waals surface area contributed by atoms with E-state index in [0.29, 0.717) is 31.9 Å². The predicted molar refractivity (Wildman–Crippen MR) is 100 cm³/mol. The number of benzene rings is 1. The lowest BCUT2D eigenvalue weighted by Gasteiger charge is -2.37. The van der Waals surface area contributed by atoms with Gasteiger partial charge in [0.05, 0.1) is 9.82 Å². The second kappa shape index (κ2) is 7.43. The summed E-state index contributed by atoms with van der Waals surface area (Å²) in [5.41, 5.74) is 6.03. The van der Waals surface area contributed by atoms with Crippen LogP contribution in [-0.4, -0.2) is 62.6 Å². The quantitative estimate of drug-likeness (QED) is 0.588. The van der Waals surface area contributed by atoms with Crippen molar-refractivity contribution in [2.75, 3.05) is 37.3 Å². The zero-order valence-electron chi connectivity index (χ0n) is 15.2. The van der Waals surface area contributed by atoms with Crippen LogP contribution in [0.2, 0.25) is 0 Å². The summed E-state index contributed by atoms with van der Waals surface area (Å²) in [6, 6.07) is 4.05. The third-order valence-corrected chi connectivity index (χ3v) is 6.44. The van der Waals surface area contributed by atoms with Crippen molar-refractivity contribution in [2.24, 2.45) is 11.7 Å². The van der Waals surface area contributed by atoms with Crippen LogP contribution in [0, 0.1) is 16.0 Å². The van der Waals surface area contributed by atoms with E-state index in [-0.39, 0.29) is 28.4 Å². The maximum atomic E-state index is 12.6. The second-order valence-corrected chi connectivity index (χ2v) is 9.28. The molecule has 2 unspecified atom stereocenters. The van der Waals surface area contributed by atoms with Gasteiger partial charge >= 0.3 is 0 Å². The Balaban J connectivity index is 1.72. The molecule has 0 radical (unpaired) electrons. The van der Waals surface area contributed by atoms with Crippen LogP contribution < -0.4 is 10.6 Å². The molecular formula is C17H24N4O5S. The van der Waals surface area contributed by atoms with E-state index in [2.05, 4.69) is 0 Å². The summed E-state index contributed by atoms with van der Waals surface area (Å²) >= 11 is 0. The Labute approximate surface area is 158 Å². The molecule has 2 N–H and O–H groups in total. The van der Waals surface area contributed by atoms with E-state index in [9.17, 15) is 23.3 Å². The first-order chi connectivity index (χ1) is 12.7. The number of amides is 1. The lowest BCUT2D eigenvalue weighted by Crippen LogP contribution is -2.50. The number of carbonyl (C=O) groups excluding carboxylic acids is 1. The number of carbonyl (C=O) groups is 1. The number of rotatable bonds is 4. The molecule has 1 aromatic rings. The van der Waals surface area contributed by atoms with Gasteiger partial charge in [0.15, 0.2) is 9.84 Å². The summed E-state index contributed by atoms with van der Waals surface area (Å²) in [6.07, 6.45) is 3.43. The Morgan fingerprint density at radius 3 is 2.41 bits per heavy atom. The molecule has 148 valence electrons. The first-order valence-electron chi connectivity index (χ1n) is 8.94. The van der Waals surface area contributed by atoms with Crippen LogP contribution in [0.15, 0.2) is 23.1 Å². The van der Waals surface area contributed by atoms with Gasteiger partial charge in [0.25, 0.3) is 5.69 Å². The molecule has 9 nitrogen and oxygen atoms in total. The fourth-order valence-corrected chi connectivity index (χ4v) is 4.46. The maximum Gasteiger partial charge on any atom is 0.293 e. The first kappa shape index (κ1) is 19.6. The van der Waals surface area contributed by atoms with Gasteiger partial charge in [0, 0.05) is 50.5 Å². The highest BCUT2D eigenvalue weighted by Gasteiger charge is 2.33. The van der Waals surface area contributed by atoms with E-state index in [1.54, 1.807) is 4.90 Å². The van der Waals surface area contributed by atoms with Crippen LogP contribution in [0.4, 0.5) is 11.4 Å². The van der Waals surface area contributed by atoms with Gasteiger partial charge in [-0.1, -0.05) is 0 Å². The van der Waals surface area contributed by atoms with Gasteiger partial charge in [0.2, 0.25) is 5.91 Å². The van der Waals surface area contributed by atoms with Crippen molar-refractivity contribution >= 4 is 27.1 Å². The summed E-state index contributed by atoms with van der Waals surface area (Å²) in [7, 11) is -3.53. The number of hydrogen-bond donors (Lipinski definition) is 1. The molecule has 1 aliphatic carbocycles. The summed E-state index contributed by atoms with van der Waals surface area (Å²) in [5, 5.41) is 11.4. The number of anilines is 1. The maximum absolute atomic E-state index is 12.6. The van der Waals surface area contributed by atoms with Crippen molar-refractivity contribution in [2.45, 2.75) is 30.2 Å². The second-order valence-electron chi connectivity index (χ2n) is 7.26. The zero-order valence-corrected chi connectivity index (χ0v) is 16.0. The summed E-state index contributed by atoms with van der Waals surface area (Å²) in [4.78, 5) is 27.0. The smallest absolute Gasteiger partial charge is 0.293 e. The number of nitro benzene ring substituents is 1. The molecule has 10 heteroatoms. The Morgan fingerprint density at radius 1 is 1.22 bits per heavy atom. The Bertz CT molecular complexity index is 849. The lowest BCUT2D eigenvalue weighted by atomic mass is 10.1. The molecule has 0 bridgehead atoms. The van der Waals surface area contributed by atoms with Crippen LogP contribution in [-0.2, 0) is 14.6 Å². The minimum Gasteiger partial charge on any atom is -0.362 e. The van der Waals surface area contributed by atoms with E-state index in [0.717, 1.165) is 31.6 Å². The van der Waals surface area contributed by atoms with Crippen LogP contribution >= 0.6 is 0 Å². The van der Waals surface area contributed by atoms with Crippen molar-refractivity contribution in [1.29, 1.82) is 0 Å². The summed E-state index contributed by atoms with van der Waals surface area (Å²) < 4.78 is 23.3. The van der Waals surface area contributed by atoms with Crippen LogP contribution in [0.1, 0.15) is 19.3 Å². The van der Waals surface area contributed by atoms with Crippen molar-refractivity contribution in [3.05, 3.63) is 28.3 Å². The molecular weight excluding hydrogens is 372 g/mol. The molecule has 1 saturated heterocycles. The minimum atomic E-state index is -3.53. The first-order valence-corrected chi connectivity index (χ1v) is 10.8. The molecule has 1 aliphatic heterocycles. The lowest BCUT2D eigenvalue weighted by molar-refractivity contribution is -0.384. The summed E-state index contributed by atoms with van der Waals surface area (Å²) in [5.74, 6) is 0.0967. The van der Waals surface area contributed by atoms with Crippen LogP contribution in [0.5, 0.6) is 0 Å². The van der Waals surface area contributed by atoms with E-state index in [4.69, 9.17) is 5.73 Å². The minimum absolute atomic E-state index is 0.0186. The van der Waals surface area contributed by atoms with E-state index in [1.807, 2.05) is 4.90 Å². The number of piperazine rings is 1. The molecule has 1 saturated carbocycles. The zero-order chi connectivity index (χ0) is 19.8. The average Bonchev–Trinajstić information content (AvgIpc) is 3.06. The van der Waals surface area contributed by atoms with Crippen LogP contribution in [0.25, 0.3) is 0 Å². The van der Waals surface area contributed by atoms with Crippen molar-refractivity contribution in [1.82, 2.24) is 4.90 Å². The number of nitro groups is 1. The molecule has 1 amide bonds. The molecule has 2 fully saturated rings. The molecule has 2 aliphatic rings. The fourth-order valence-electron chi connectivity index (χ4n) is 3.81. The van der Waals surface area contributed by atoms with Gasteiger partial charge in [-0.05, 0) is 31.4 Å². The number of nitrogens with two attached hydrogens (primary N) is 1. The SMILES string of the molecule is CS(=O)(=O)c1ccc(N2CCN(C(=O)C3CCC(N)C3)CC2)c([N+](=O)[O-])c1. The summed E-state index contributed by atoms with van der Waals surface area (Å²) in [6.45, 7) is 1.89. The monoisotopic (exact) mass is 396 g/mol. The van der Waals surface area contributed by atoms with Crippen molar-refractivity contribution in [3.63, 3.8) is 0 Å². The fraction of sp³-hybridized carbons (Fsp3) is 0.588. The molecule has 3 rings (SSSR count). The third kappa shape index (κ3) is 4.22. The number of nitrogens with zero attached hydrogens (tertiary/aromatic N) is 3. The molecule has 27 heavy (non-hydrogen) atoms. The highest BCUT2D eigenvalue weighted by molar-refractivity contribution is 7.90. The Kier molecular flexibility index (Phi) is 5.38. The average molecular weight is 396 g/mol. The van der Waals surface area contributed by atoms with Gasteiger partial charge in [0.1, 0.15) is 5.69 Å². The normalized spacial score (nSPS) is 23.5. The van der Waals surface area contributed by atoms with Gasteiger partial charge < -0.3 is 15.5 Å². The third-order valence-electron chi connectivity index (χ3n) is 5.33. The predicted octanol–water partition coefficient (Wildman–Crippen LogP) is 0.774. The number of sulfone groups is 1. The standard InChI is InChI=1S/C17H24N4O5S/c1-27(25,26)14-4-5-15(16(11-14)21(23)24)19-6-8-20(9-7-19)17(22)12-2-3-13(18)10-12/h4-5,11-13H,2-3,6-10,18H2,1H3. The Morgan fingerprint density at radius 2 is 1.89 bits per heavy atom. The Hall–Kier alpha value is -2.20. The largest absolute Gasteiger partial charge is 0.362 e. The van der Waals surface area contributed by atoms with E-state index >= 15 is 0 Å². The highest BCUT2D eigenvalue weighted by atomic mass is 32.2. The van der Waals surface area contributed by atoms with E-state index < -0.39 is 14.8 Å². The molecule has 0 spiro atoms. The van der Waals surface area contributed by atoms with Gasteiger partial charge in [-0.25, -0.2) is 8.42 Å². The van der Waals surface area contributed by atoms with Gasteiger partial charge in [-0.2, -0.15) is 0 Å². The topological polar surface area (TPSA) is 127 Å². The van der Waals surface area contributed by atoms with Crippen LogP contribution in [0.3, 0.4) is 0 Å².